The molecule has 0 fully saturated rings. The lowest BCUT2D eigenvalue weighted by Gasteiger charge is -2.28. The van der Waals surface area contributed by atoms with Gasteiger partial charge in [-0.1, -0.05) is 133 Å². The van der Waals surface area contributed by atoms with Crippen LogP contribution in [0.3, 0.4) is 0 Å². The van der Waals surface area contributed by atoms with E-state index in [1.807, 2.05) is 0 Å². The number of benzene rings is 7. The van der Waals surface area contributed by atoms with E-state index in [4.69, 9.17) is 0 Å². The van der Waals surface area contributed by atoms with E-state index >= 15 is 0 Å². The van der Waals surface area contributed by atoms with Gasteiger partial charge in [-0.2, -0.15) is 0 Å². The van der Waals surface area contributed by atoms with Crippen molar-refractivity contribution in [3.8, 4) is 0 Å². The van der Waals surface area contributed by atoms with Crippen molar-refractivity contribution >= 4 is 61.6 Å². The van der Waals surface area contributed by atoms with Gasteiger partial charge in [0.1, 0.15) is 0 Å². The Morgan fingerprint density at radius 2 is 1.07 bits per heavy atom. The molecule has 214 valence electrons. The zero-order valence-electron chi connectivity index (χ0n) is 25.1. The SMILES string of the molecule is Cc1cc(N(c2cccc3ccccc23)c2cccc3ccccc23)ccc1C=CC=C1c2ccccc2Nc2ccccc21. The molecule has 0 radical (unpaired) electrons. The summed E-state index contributed by atoms with van der Waals surface area (Å²) in [5.41, 5.74) is 11.8. The van der Waals surface area contributed by atoms with Crippen molar-refractivity contribution in [1.82, 2.24) is 0 Å². The number of fused-ring (bicyclic) bond motifs is 4. The van der Waals surface area contributed by atoms with Gasteiger partial charge in [0.15, 0.2) is 0 Å². The predicted octanol–water partition coefficient (Wildman–Crippen LogP) is 12.0. The first-order valence-corrected chi connectivity index (χ1v) is 15.5. The molecule has 0 unspecified atom stereocenters. The molecule has 0 spiro atoms. The van der Waals surface area contributed by atoms with Crippen LogP contribution in [0.2, 0.25) is 0 Å². The van der Waals surface area contributed by atoms with Crippen LogP contribution in [-0.4, -0.2) is 0 Å². The van der Waals surface area contributed by atoms with Crippen molar-refractivity contribution in [2.75, 3.05) is 10.2 Å². The molecule has 0 aromatic heterocycles. The van der Waals surface area contributed by atoms with Gasteiger partial charge in [0.25, 0.3) is 0 Å². The fraction of sp³-hybridized carbons (Fsp3) is 0.0233. The topological polar surface area (TPSA) is 15.3 Å². The quantitative estimate of drug-likeness (QED) is 0.219. The average molecular weight is 577 g/mol. The Bertz CT molecular complexity index is 2140. The molecule has 0 atom stereocenters. The number of hydrogen-bond acceptors (Lipinski definition) is 2. The lowest BCUT2D eigenvalue weighted by Crippen LogP contribution is -2.11. The van der Waals surface area contributed by atoms with E-state index in [0.29, 0.717) is 0 Å². The van der Waals surface area contributed by atoms with Gasteiger partial charge in [-0.25, -0.2) is 0 Å². The highest BCUT2D eigenvalue weighted by molar-refractivity contribution is 6.05. The van der Waals surface area contributed by atoms with Crippen LogP contribution >= 0.6 is 0 Å². The van der Waals surface area contributed by atoms with E-state index in [1.165, 1.54) is 60.7 Å². The van der Waals surface area contributed by atoms with Gasteiger partial charge in [0.05, 0.1) is 11.4 Å². The molecule has 45 heavy (non-hydrogen) atoms. The van der Waals surface area contributed by atoms with E-state index in [-0.39, 0.29) is 0 Å². The van der Waals surface area contributed by atoms with E-state index in [2.05, 4.69) is 187 Å². The standard InChI is InChI=1S/C43H32N2/c1-30-29-34(28-27-31(30)15-10-22-37-38-20-6-8-23-40(38)44-41-24-9-7-21-39(37)41)45(42-25-11-16-32-13-2-4-18-35(32)42)43-26-12-17-33-14-3-5-19-36(33)43/h2-29,44H,1H3. The maximum Gasteiger partial charge on any atom is 0.0540 e. The molecule has 2 heteroatoms. The molecule has 0 saturated heterocycles. The summed E-state index contributed by atoms with van der Waals surface area (Å²) in [6, 6.07) is 54.3. The number of nitrogens with one attached hydrogen (secondary N) is 1. The largest absolute Gasteiger partial charge is 0.355 e. The fourth-order valence-electron chi connectivity index (χ4n) is 6.57. The molecule has 2 nitrogen and oxygen atoms in total. The van der Waals surface area contributed by atoms with Gasteiger partial charge in [0, 0.05) is 39.0 Å². The van der Waals surface area contributed by atoms with Crippen LogP contribution < -0.4 is 10.2 Å². The zero-order valence-corrected chi connectivity index (χ0v) is 25.1. The summed E-state index contributed by atoms with van der Waals surface area (Å²) in [6.07, 6.45) is 6.65. The Morgan fingerprint density at radius 3 is 1.67 bits per heavy atom. The summed E-state index contributed by atoms with van der Waals surface area (Å²) in [4.78, 5) is 2.41. The number of allylic oxidation sites excluding steroid dienone is 2. The maximum atomic E-state index is 3.58. The second kappa shape index (κ2) is 11.3. The molecule has 0 saturated carbocycles. The van der Waals surface area contributed by atoms with Crippen LogP contribution in [0.5, 0.6) is 0 Å². The third-order valence-electron chi connectivity index (χ3n) is 8.77. The molecular weight excluding hydrogens is 544 g/mol. The van der Waals surface area contributed by atoms with Crippen molar-refractivity contribution in [1.29, 1.82) is 0 Å². The van der Waals surface area contributed by atoms with E-state index in [1.54, 1.807) is 0 Å². The van der Waals surface area contributed by atoms with Crippen molar-refractivity contribution in [2.45, 2.75) is 6.92 Å². The van der Waals surface area contributed by atoms with Crippen LogP contribution in [0.15, 0.2) is 164 Å². The minimum atomic E-state index is 1.14. The second-order valence-electron chi connectivity index (χ2n) is 11.5. The second-order valence-corrected chi connectivity index (χ2v) is 11.5. The number of anilines is 5. The Labute approximate surface area is 264 Å². The van der Waals surface area contributed by atoms with Gasteiger partial charge >= 0.3 is 0 Å². The van der Waals surface area contributed by atoms with Crippen LogP contribution in [-0.2, 0) is 0 Å². The number of rotatable bonds is 5. The summed E-state index contributed by atoms with van der Waals surface area (Å²) in [5, 5.41) is 8.49. The minimum absolute atomic E-state index is 1.14. The number of para-hydroxylation sites is 2. The van der Waals surface area contributed by atoms with E-state index in [9.17, 15) is 0 Å². The molecule has 8 rings (SSSR count). The lowest BCUT2D eigenvalue weighted by atomic mass is 9.91. The Morgan fingerprint density at radius 1 is 0.533 bits per heavy atom. The Balaban J connectivity index is 1.22. The van der Waals surface area contributed by atoms with Crippen LogP contribution in [0, 0.1) is 6.92 Å². The first kappa shape index (κ1) is 26.7. The highest BCUT2D eigenvalue weighted by Crippen LogP contribution is 2.43. The molecule has 1 heterocycles. The predicted molar refractivity (Wildman–Crippen MR) is 193 cm³/mol. The summed E-state index contributed by atoms with van der Waals surface area (Å²) in [6.45, 7) is 2.20. The normalized spacial score (nSPS) is 12.2. The maximum absolute atomic E-state index is 3.58. The van der Waals surface area contributed by atoms with Crippen LogP contribution in [0.25, 0.3) is 33.2 Å². The summed E-state index contributed by atoms with van der Waals surface area (Å²) >= 11 is 0. The molecule has 7 aromatic rings. The molecular formula is C43H32N2. The monoisotopic (exact) mass is 576 g/mol. The van der Waals surface area contributed by atoms with Gasteiger partial charge in [-0.15, -0.1) is 0 Å². The first-order chi connectivity index (χ1) is 22.2. The van der Waals surface area contributed by atoms with Crippen LogP contribution in [0.1, 0.15) is 22.3 Å². The smallest absolute Gasteiger partial charge is 0.0540 e. The molecule has 0 bridgehead atoms. The molecule has 1 N–H and O–H groups in total. The zero-order chi connectivity index (χ0) is 30.2. The third-order valence-corrected chi connectivity index (χ3v) is 8.77. The Hall–Kier alpha value is -5.86. The Kier molecular flexibility index (Phi) is 6.73. The number of nitrogens with zero attached hydrogens (tertiary/aromatic N) is 1. The van der Waals surface area contributed by atoms with E-state index < -0.39 is 0 Å². The summed E-state index contributed by atoms with van der Waals surface area (Å²) in [7, 11) is 0. The highest BCUT2D eigenvalue weighted by Gasteiger charge is 2.19. The highest BCUT2D eigenvalue weighted by atomic mass is 15.1. The van der Waals surface area contributed by atoms with Gasteiger partial charge in [-0.05, 0) is 70.8 Å². The third kappa shape index (κ3) is 4.87. The van der Waals surface area contributed by atoms with Crippen molar-refractivity contribution in [3.63, 3.8) is 0 Å². The van der Waals surface area contributed by atoms with Gasteiger partial charge in [-0.3, -0.25) is 0 Å². The molecule has 0 amide bonds. The average Bonchev–Trinajstić information content (AvgIpc) is 3.09. The molecule has 1 aliphatic heterocycles. The van der Waals surface area contributed by atoms with Crippen molar-refractivity contribution in [2.24, 2.45) is 0 Å². The minimum Gasteiger partial charge on any atom is -0.355 e. The van der Waals surface area contributed by atoms with Crippen LogP contribution in [0.4, 0.5) is 28.4 Å². The molecule has 7 aromatic carbocycles. The van der Waals surface area contributed by atoms with Gasteiger partial charge in [0.2, 0.25) is 0 Å². The van der Waals surface area contributed by atoms with Crippen molar-refractivity contribution < 1.29 is 0 Å². The first-order valence-electron chi connectivity index (χ1n) is 15.5. The fourth-order valence-corrected chi connectivity index (χ4v) is 6.57. The van der Waals surface area contributed by atoms with Crippen molar-refractivity contribution in [3.05, 3.63) is 186 Å². The van der Waals surface area contributed by atoms with E-state index in [0.717, 1.165) is 17.1 Å². The lowest BCUT2D eigenvalue weighted by molar-refractivity contribution is 1.29. The van der Waals surface area contributed by atoms with Gasteiger partial charge < -0.3 is 10.2 Å². The summed E-state index contributed by atoms with van der Waals surface area (Å²) < 4.78 is 0. The molecule has 1 aliphatic rings. The number of aryl methyl sites for hydroxylation is 1. The number of hydrogen-bond donors (Lipinski definition) is 1. The molecule has 0 aliphatic carbocycles. The summed E-state index contributed by atoms with van der Waals surface area (Å²) in [5.74, 6) is 0.